The van der Waals surface area contributed by atoms with E-state index < -0.39 is 23.5 Å². The van der Waals surface area contributed by atoms with Gasteiger partial charge in [-0.05, 0) is 55.0 Å². The zero-order chi connectivity index (χ0) is 24.9. The minimum atomic E-state index is -4.85. The number of nitrogens with one attached hydrogen (secondary N) is 1. The zero-order valence-corrected chi connectivity index (χ0v) is 19.7. The van der Waals surface area contributed by atoms with Crippen LogP contribution >= 0.6 is 12.2 Å². The summed E-state index contributed by atoms with van der Waals surface area (Å²) in [5, 5.41) is 3.15. The van der Waals surface area contributed by atoms with Crippen LogP contribution in [0.1, 0.15) is 62.6 Å². The molecule has 9 heteroatoms. The highest BCUT2D eigenvalue weighted by Gasteiger charge is 2.36. The fourth-order valence-electron chi connectivity index (χ4n) is 2.79. The maximum Gasteiger partial charge on any atom is 0.416 e. The number of unbranched alkanes of at least 4 members (excludes halogenated alkanes) is 4. The summed E-state index contributed by atoms with van der Waals surface area (Å²) >= 11 is 5.18. The number of thiocarbonyl (C=S) groups is 1. The van der Waals surface area contributed by atoms with Crippen molar-refractivity contribution in [1.82, 2.24) is 5.32 Å². The van der Waals surface area contributed by atoms with Gasteiger partial charge in [0.2, 0.25) is 0 Å². The molecule has 1 rings (SSSR count). The number of benzene rings is 1. The number of ether oxygens (including phenoxy) is 1. The molecule has 0 aliphatic heterocycles. The van der Waals surface area contributed by atoms with Gasteiger partial charge in [-0.25, -0.2) is 0 Å². The van der Waals surface area contributed by atoms with Gasteiger partial charge in [-0.3, -0.25) is 0 Å². The Balaban J connectivity index is 2.25. The smallest absolute Gasteiger partial charge is 0.377 e. The van der Waals surface area contributed by atoms with Crippen molar-refractivity contribution in [2.75, 3.05) is 13.2 Å². The second-order valence-corrected chi connectivity index (χ2v) is 8.54. The van der Waals surface area contributed by atoms with Crippen molar-refractivity contribution in [3.8, 4) is 0 Å². The molecule has 0 radical (unpaired) electrons. The normalized spacial score (nSPS) is 12.9. The lowest BCUT2D eigenvalue weighted by Gasteiger charge is -2.14. The van der Waals surface area contributed by atoms with E-state index in [1.165, 1.54) is 0 Å². The van der Waals surface area contributed by atoms with Gasteiger partial charge in [0, 0.05) is 13.2 Å². The van der Waals surface area contributed by atoms with Crippen LogP contribution in [-0.4, -0.2) is 18.1 Å². The lowest BCUT2D eigenvalue weighted by Crippen LogP contribution is -2.23. The Morgan fingerprint density at radius 1 is 0.939 bits per heavy atom. The van der Waals surface area contributed by atoms with E-state index >= 15 is 0 Å². The van der Waals surface area contributed by atoms with Crippen LogP contribution in [0.3, 0.4) is 0 Å². The molecule has 2 nitrogen and oxygen atoms in total. The molecule has 0 heterocycles. The highest BCUT2D eigenvalue weighted by molar-refractivity contribution is 7.80. The first kappa shape index (κ1) is 29.2. The van der Waals surface area contributed by atoms with E-state index in [0.29, 0.717) is 29.5 Å². The van der Waals surface area contributed by atoms with Crippen molar-refractivity contribution in [2.24, 2.45) is 5.92 Å². The van der Waals surface area contributed by atoms with E-state index in [1.54, 1.807) is 0 Å². The summed E-state index contributed by atoms with van der Waals surface area (Å²) in [6.07, 6.45) is 2.40. The molecule has 0 bridgehead atoms. The molecule has 186 valence electrons. The fraction of sp³-hybridized carbons (Fsp3) is 0.542. The van der Waals surface area contributed by atoms with E-state index in [0.717, 1.165) is 32.2 Å². The molecule has 1 aromatic carbocycles. The van der Waals surface area contributed by atoms with Crippen molar-refractivity contribution in [2.45, 2.75) is 64.9 Å². The predicted molar refractivity (Wildman–Crippen MR) is 123 cm³/mol. The lowest BCUT2D eigenvalue weighted by molar-refractivity contribution is -0.143. The molecule has 33 heavy (non-hydrogen) atoms. The van der Waals surface area contributed by atoms with Gasteiger partial charge >= 0.3 is 12.4 Å². The lowest BCUT2D eigenvalue weighted by atomic mass is 10.1. The highest BCUT2D eigenvalue weighted by Crippen LogP contribution is 2.36. The predicted octanol–water partition coefficient (Wildman–Crippen LogP) is 7.88. The van der Waals surface area contributed by atoms with Crippen molar-refractivity contribution < 1.29 is 31.1 Å². The molecule has 0 aliphatic rings. The van der Waals surface area contributed by atoms with Crippen molar-refractivity contribution in [1.29, 1.82) is 0 Å². The van der Waals surface area contributed by atoms with E-state index in [-0.39, 0.29) is 24.8 Å². The molecule has 0 amide bonds. The Hall–Kier alpha value is -1.87. The topological polar surface area (TPSA) is 21.3 Å². The van der Waals surface area contributed by atoms with E-state index in [2.05, 4.69) is 19.2 Å². The van der Waals surface area contributed by atoms with Gasteiger partial charge in [0.05, 0.1) is 22.7 Å². The Bertz CT molecular complexity index is 752. The molecule has 0 unspecified atom stereocenters. The molecular formula is C24H31F6NOS. The Labute approximate surface area is 197 Å². The minimum Gasteiger partial charge on any atom is -0.377 e. The summed E-state index contributed by atoms with van der Waals surface area (Å²) < 4.78 is 82.5. The maximum atomic E-state index is 12.9. The van der Waals surface area contributed by atoms with Crippen LogP contribution in [-0.2, 0) is 23.7 Å². The molecule has 1 aromatic rings. The molecule has 0 saturated carbocycles. The first-order valence-corrected chi connectivity index (χ1v) is 11.3. The quantitative estimate of drug-likeness (QED) is 0.0989. The van der Waals surface area contributed by atoms with Crippen molar-refractivity contribution >= 4 is 17.2 Å². The van der Waals surface area contributed by atoms with Crippen LogP contribution in [0.5, 0.6) is 0 Å². The number of hydrogen-bond acceptors (Lipinski definition) is 2. The van der Waals surface area contributed by atoms with E-state index in [4.69, 9.17) is 17.0 Å². The third kappa shape index (κ3) is 13.4. The van der Waals surface area contributed by atoms with E-state index in [1.807, 2.05) is 24.3 Å². The molecule has 0 spiro atoms. The Morgan fingerprint density at radius 2 is 1.55 bits per heavy atom. The summed E-state index contributed by atoms with van der Waals surface area (Å²) in [6.45, 7) is 5.03. The summed E-state index contributed by atoms with van der Waals surface area (Å²) in [5.74, 6) is 0.528. The minimum absolute atomic E-state index is 0.117. The number of allylic oxidation sites excluding steroid dienone is 3. The SMILES string of the molecule is CC(C)CNC(=S)/C=C/C=C/CCCCCCOCc1cc(C(F)(F)F)cc(C(F)(F)F)c1. The number of hydrogen-bond donors (Lipinski definition) is 1. The zero-order valence-electron chi connectivity index (χ0n) is 18.9. The Morgan fingerprint density at radius 3 is 2.12 bits per heavy atom. The van der Waals surface area contributed by atoms with Gasteiger partial charge in [-0.2, -0.15) is 26.3 Å². The van der Waals surface area contributed by atoms with Gasteiger partial charge < -0.3 is 10.1 Å². The summed E-state index contributed by atoms with van der Waals surface area (Å²) in [5.41, 5.74) is -2.80. The van der Waals surface area contributed by atoms with Crippen LogP contribution in [0.2, 0.25) is 0 Å². The second kappa shape index (κ2) is 14.4. The molecular weight excluding hydrogens is 464 g/mol. The van der Waals surface area contributed by atoms with Crippen molar-refractivity contribution in [3.63, 3.8) is 0 Å². The first-order chi connectivity index (χ1) is 15.4. The Kier molecular flexibility index (Phi) is 12.7. The summed E-state index contributed by atoms with van der Waals surface area (Å²) in [4.78, 5) is 0.702. The number of halogens is 6. The number of rotatable bonds is 13. The molecule has 0 fully saturated rings. The standard InChI is InChI=1S/C24H31F6NOS/c1-18(2)16-31-22(33)11-9-7-5-3-4-6-8-10-12-32-17-19-13-20(23(25,26)27)15-21(14-19)24(28,29)30/h5,7,9,11,13-15,18H,3-4,6,8,10,12,16-17H2,1-2H3,(H,31,33)/b7-5+,11-9+. The molecule has 0 aromatic heterocycles. The van der Waals surface area contributed by atoms with E-state index in [9.17, 15) is 26.3 Å². The van der Waals surface area contributed by atoms with Crippen LogP contribution in [0.4, 0.5) is 26.3 Å². The van der Waals surface area contributed by atoms with Crippen LogP contribution in [0.25, 0.3) is 0 Å². The molecule has 1 N–H and O–H groups in total. The molecule has 0 atom stereocenters. The molecule has 0 aliphatic carbocycles. The maximum absolute atomic E-state index is 12.9. The van der Waals surface area contributed by atoms with Crippen LogP contribution < -0.4 is 5.32 Å². The third-order valence-electron chi connectivity index (χ3n) is 4.50. The van der Waals surface area contributed by atoms with Crippen LogP contribution in [0, 0.1) is 5.92 Å². The largest absolute Gasteiger partial charge is 0.416 e. The average Bonchev–Trinajstić information content (AvgIpc) is 2.71. The average molecular weight is 496 g/mol. The van der Waals surface area contributed by atoms with Gasteiger partial charge in [0.1, 0.15) is 0 Å². The summed E-state index contributed by atoms with van der Waals surface area (Å²) in [7, 11) is 0. The van der Waals surface area contributed by atoms with Gasteiger partial charge in [0.15, 0.2) is 0 Å². The number of alkyl halides is 6. The second-order valence-electron chi connectivity index (χ2n) is 8.10. The fourth-order valence-corrected chi connectivity index (χ4v) is 2.96. The van der Waals surface area contributed by atoms with Crippen LogP contribution in [0.15, 0.2) is 42.5 Å². The van der Waals surface area contributed by atoms with Crippen molar-refractivity contribution in [3.05, 3.63) is 59.2 Å². The summed E-state index contributed by atoms with van der Waals surface area (Å²) in [6, 6.07) is 1.51. The monoisotopic (exact) mass is 495 g/mol. The van der Waals surface area contributed by atoms with Gasteiger partial charge in [0.25, 0.3) is 0 Å². The molecule has 0 saturated heterocycles. The highest BCUT2D eigenvalue weighted by atomic mass is 32.1. The first-order valence-electron chi connectivity index (χ1n) is 10.9. The van der Waals surface area contributed by atoms with Gasteiger partial charge in [-0.15, -0.1) is 0 Å². The third-order valence-corrected chi connectivity index (χ3v) is 4.79. The van der Waals surface area contributed by atoms with Gasteiger partial charge in [-0.1, -0.05) is 57.1 Å².